The number of ether oxygens (including phenoxy) is 2. The second-order valence-electron chi connectivity index (χ2n) is 4.60. The zero-order valence-corrected chi connectivity index (χ0v) is 12.4. The van der Waals surface area contributed by atoms with Crippen LogP contribution in [-0.4, -0.2) is 39.5 Å². The van der Waals surface area contributed by atoms with E-state index in [-0.39, 0.29) is 0 Å². The Kier molecular flexibility index (Phi) is 8.71. The third-order valence-corrected chi connectivity index (χ3v) is 2.81. The second-order valence-corrected chi connectivity index (χ2v) is 4.60. The highest BCUT2D eigenvalue weighted by Crippen LogP contribution is 2.20. The van der Waals surface area contributed by atoms with E-state index < -0.39 is 0 Å². The zero-order valence-electron chi connectivity index (χ0n) is 12.4. The Hall–Kier alpha value is -1.36. The van der Waals surface area contributed by atoms with Crippen molar-refractivity contribution in [3.63, 3.8) is 0 Å². The molecule has 0 unspecified atom stereocenters. The molecule has 1 aromatic carbocycles. The molecular formula is C16H26N2O2. The van der Waals surface area contributed by atoms with Crippen LogP contribution in [0.1, 0.15) is 11.1 Å². The summed E-state index contributed by atoms with van der Waals surface area (Å²) in [5.41, 5.74) is 7.78. The lowest BCUT2D eigenvalue weighted by molar-refractivity contribution is 0.102. The van der Waals surface area contributed by atoms with Crippen LogP contribution in [0.5, 0.6) is 5.75 Å². The van der Waals surface area contributed by atoms with Crippen LogP contribution in [0.25, 0.3) is 0 Å². The quantitative estimate of drug-likeness (QED) is 0.477. The maximum atomic E-state index is 5.76. The van der Waals surface area contributed by atoms with Crippen LogP contribution in [0.4, 0.5) is 0 Å². The Labute approximate surface area is 122 Å². The van der Waals surface area contributed by atoms with Crippen molar-refractivity contribution in [2.45, 2.75) is 13.3 Å². The minimum absolute atomic E-state index is 0.560. The topological polar surface area (TPSA) is 56.5 Å². The van der Waals surface area contributed by atoms with E-state index in [1.807, 2.05) is 12.1 Å². The van der Waals surface area contributed by atoms with Crippen LogP contribution in [0.2, 0.25) is 0 Å². The van der Waals surface area contributed by atoms with Crippen molar-refractivity contribution < 1.29 is 9.47 Å². The van der Waals surface area contributed by atoms with E-state index in [1.165, 1.54) is 11.1 Å². The van der Waals surface area contributed by atoms with Gasteiger partial charge in [-0.1, -0.05) is 23.8 Å². The van der Waals surface area contributed by atoms with Crippen LogP contribution in [-0.2, 0) is 11.2 Å². The zero-order chi connectivity index (χ0) is 14.6. The summed E-state index contributed by atoms with van der Waals surface area (Å²) in [6.07, 6.45) is 2.71. The van der Waals surface area contributed by atoms with Gasteiger partial charge in [-0.15, -0.1) is 6.58 Å². The minimum Gasteiger partial charge on any atom is -0.491 e. The van der Waals surface area contributed by atoms with E-state index >= 15 is 0 Å². The molecule has 1 rings (SSSR count). The molecule has 0 saturated heterocycles. The van der Waals surface area contributed by atoms with Gasteiger partial charge >= 0.3 is 0 Å². The van der Waals surface area contributed by atoms with Gasteiger partial charge in [-0.3, -0.25) is 0 Å². The predicted octanol–water partition coefficient (Wildman–Crippen LogP) is 1.67. The fourth-order valence-corrected chi connectivity index (χ4v) is 1.85. The number of rotatable bonds is 11. The second kappa shape index (κ2) is 10.4. The van der Waals surface area contributed by atoms with Crippen molar-refractivity contribution >= 4 is 0 Å². The summed E-state index contributed by atoms with van der Waals surface area (Å²) in [6, 6.07) is 6.20. The molecule has 112 valence electrons. The molecule has 0 aromatic heterocycles. The molecule has 0 bridgehead atoms. The number of aryl methyl sites for hydroxylation is 1. The molecule has 20 heavy (non-hydrogen) atoms. The van der Waals surface area contributed by atoms with E-state index in [0.29, 0.717) is 26.4 Å². The van der Waals surface area contributed by atoms with Gasteiger partial charge in [0.05, 0.1) is 13.2 Å². The first kappa shape index (κ1) is 16.7. The molecule has 0 heterocycles. The number of hydrogen-bond donors (Lipinski definition) is 2. The van der Waals surface area contributed by atoms with Crippen molar-refractivity contribution in [1.29, 1.82) is 0 Å². The van der Waals surface area contributed by atoms with Gasteiger partial charge in [-0.2, -0.15) is 0 Å². The molecule has 1 aromatic rings. The molecule has 0 aliphatic carbocycles. The molecule has 0 aliphatic rings. The third kappa shape index (κ3) is 6.70. The summed E-state index contributed by atoms with van der Waals surface area (Å²) in [6.45, 7) is 9.98. The minimum atomic E-state index is 0.560. The lowest BCUT2D eigenvalue weighted by Crippen LogP contribution is -2.26. The van der Waals surface area contributed by atoms with Crippen molar-refractivity contribution in [3.8, 4) is 5.75 Å². The maximum absolute atomic E-state index is 5.76. The Morgan fingerprint density at radius 2 is 2.10 bits per heavy atom. The number of allylic oxidation sites excluding steroid dienone is 1. The third-order valence-electron chi connectivity index (χ3n) is 2.81. The van der Waals surface area contributed by atoms with Crippen LogP contribution < -0.4 is 15.8 Å². The summed E-state index contributed by atoms with van der Waals surface area (Å²) in [4.78, 5) is 0. The summed E-state index contributed by atoms with van der Waals surface area (Å²) in [7, 11) is 0. The van der Waals surface area contributed by atoms with Crippen molar-refractivity contribution in [2.75, 3.05) is 39.5 Å². The van der Waals surface area contributed by atoms with Crippen molar-refractivity contribution in [1.82, 2.24) is 5.32 Å². The lowest BCUT2D eigenvalue weighted by Gasteiger charge is -2.11. The van der Waals surface area contributed by atoms with Gasteiger partial charge in [-0.05, 0) is 25.0 Å². The number of benzene rings is 1. The average molecular weight is 278 g/mol. The summed E-state index contributed by atoms with van der Waals surface area (Å²) in [5, 5.41) is 3.17. The van der Waals surface area contributed by atoms with E-state index in [9.17, 15) is 0 Å². The SMILES string of the molecule is C=CCc1cc(C)ccc1OCCOCCNCCN. The van der Waals surface area contributed by atoms with Gasteiger partial charge in [0.2, 0.25) is 0 Å². The van der Waals surface area contributed by atoms with Gasteiger partial charge in [0.1, 0.15) is 12.4 Å². The van der Waals surface area contributed by atoms with Crippen LogP contribution >= 0.6 is 0 Å². The van der Waals surface area contributed by atoms with Gasteiger partial charge in [0.25, 0.3) is 0 Å². The first-order valence-corrected chi connectivity index (χ1v) is 7.09. The molecule has 0 amide bonds. The molecule has 0 atom stereocenters. The van der Waals surface area contributed by atoms with Gasteiger partial charge < -0.3 is 20.5 Å². The van der Waals surface area contributed by atoms with Crippen molar-refractivity contribution in [2.24, 2.45) is 5.73 Å². The number of nitrogens with one attached hydrogen (secondary N) is 1. The normalized spacial score (nSPS) is 10.5. The molecule has 0 fully saturated rings. The fourth-order valence-electron chi connectivity index (χ4n) is 1.85. The van der Waals surface area contributed by atoms with E-state index in [1.54, 1.807) is 0 Å². The van der Waals surface area contributed by atoms with Crippen LogP contribution in [0, 0.1) is 6.92 Å². The van der Waals surface area contributed by atoms with Gasteiger partial charge in [-0.25, -0.2) is 0 Å². The molecule has 3 N–H and O–H groups in total. The Morgan fingerprint density at radius 3 is 2.85 bits per heavy atom. The van der Waals surface area contributed by atoms with E-state index in [4.69, 9.17) is 15.2 Å². The molecule has 4 nitrogen and oxygen atoms in total. The summed E-state index contributed by atoms with van der Waals surface area (Å²) >= 11 is 0. The molecule has 0 aliphatic heterocycles. The molecule has 4 heteroatoms. The molecule has 0 saturated carbocycles. The Morgan fingerprint density at radius 1 is 1.25 bits per heavy atom. The first-order valence-electron chi connectivity index (χ1n) is 7.09. The van der Waals surface area contributed by atoms with Gasteiger partial charge in [0.15, 0.2) is 0 Å². The molecular weight excluding hydrogens is 252 g/mol. The van der Waals surface area contributed by atoms with E-state index in [0.717, 1.165) is 25.3 Å². The molecule has 0 spiro atoms. The van der Waals surface area contributed by atoms with Crippen LogP contribution in [0.15, 0.2) is 30.9 Å². The number of nitrogens with two attached hydrogens (primary N) is 1. The lowest BCUT2D eigenvalue weighted by atomic mass is 10.1. The highest BCUT2D eigenvalue weighted by molar-refractivity contribution is 5.38. The monoisotopic (exact) mass is 278 g/mol. The first-order chi connectivity index (χ1) is 9.77. The van der Waals surface area contributed by atoms with Crippen LogP contribution in [0.3, 0.4) is 0 Å². The van der Waals surface area contributed by atoms with Gasteiger partial charge in [0, 0.05) is 19.6 Å². The predicted molar refractivity (Wildman–Crippen MR) is 83.3 cm³/mol. The fraction of sp³-hybridized carbons (Fsp3) is 0.500. The largest absolute Gasteiger partial charge is 0.491 e. The molecule has 0 radical (unpaired) electrons. The number of hydrogen-bond acceptors (Lipinski definition) is 4. The highest BCUT2D eigenvalue weighted by atomic mass is 16.5. The summed E-state index contributed by atoms with van der Waals surface area (Å²) < 4.78 is 11.2. The summed E-state index contributed by atoms with van der Waals surface area (Å²) in [5.74, 6) is 0.917. The maximum Gasteiger partial charge on any atom is 0.122 e. The smallest absolute Gasteiger partial charge is 0.122 e. The Bertz CT molecular complexity index is 394. The van der Waals surface area contributed by atoms with E-state index in [2.05, 4.69) is 31.0 Å². The standard InChI is InChI=1S/C16H26N2O2/c1-3-4-15-13-14(2)5-6-16(15)20-12-11-19-10-9-18-8-7-17/h3,5-6,13,18H,1,4,7-12,17H2,2H3. The Balaban J connectivity index is 2.22. The van der Waals surface area contributed by atoms with Crippen molar-refractivity contribution in [3.05, 3.63) is 42.0 Å². The average Bonchev–Trinajstić information content (AvgIpc) is 2.44. The highest BCUT2D eigenvalue weighted by Gasteiger charge is 2.02.